The van der Waals surface area contributed by atoms with E-state index in [4.69, 9.17) is 0 Å². The van der Waals surface area contributed by atoms with E-state index in [1.165, 1.54) is 0 Å². The van der Waals surface area contributed by atoms with Crippen molar-refractivity contribution in [3.05, 3.63) is 96.1 Å². The van der Waals surface area contributed by atoms with Crippen molar-refractivity contribution in [1.82, 2.24) is 14.3 Å². The van der Waals surface area contributed by atoms with E-state index < -0.39 is 0 Å². The van der Waals surface area contributed by atoms with Crippen molar-refractivity contribution in [1.29, 1.82) is 0 Å². The number of hydrogen-bond acceptors (Lipinski definition) is 2. The SMILES string of the molecule is Cc1cc(C)n(-c2ccccc2NC(=O)Cc2ccc(-n3cccc3)cc2)n1. The number of aromatic nitrogens is 3. The first-order chi connectivity index (χ1) is 13.6. The Hall–Kier alpha value is -3.60. The quantitative estimate of drug-likeness (QED) is 0.564. The zero-order chi connectivity index (χ0) is 19.5. The molecule has 140 valence electrons. The summed E-state index contributed by atoms with van der Waals surface area (Å²) in [5.41, 5.74) is 5.63. The lowest BCUT2D eigenvalue weighted by molar-refractivity contribution is -0.115. The molecule has 2 heterocycles. The van der Waals surface area contributed by atoms with Gasteiger partial charge in [0.25, 0.3) is 0 Å². The van der Waals surface area contributed by atoms with Gasteiger partial charge in [-0.25, -0.2) is 4.68 Å². The molecule has 0 atom stereocenters. The lowest BCUT2D eigenvalue weighted by Gasteiger charge is -2.12. The largest absolute Gasteiger partial charge is 0.324 e. The van der Waals surface area contributed by atoms with Crippen molar-refractivity contribution in [3.8, 4) is 11.4 Å². The van der Waals surface area contributed by atoms with Gasteiger partial charge < -0.3 is 9.88 Å². The normalized spacial score (nSPS) is 10.8. The van der Waals surface area contributed by atoms with Crippen molar-refractivity contribution in [3.63, 3.8) is 0 Å². The Morgan fingerprint density at radius 1 is 0.964 bits per heavy atom. The van der Waals surface area contributed by atoms with E-state index in [0.717, 1.165) is 34.0 Å². The van der Waals surface area contributed by atoms with Crippen LogP contribution in [-0.2, 0) is 11.2 Å². The van der Waals surface area contributed by atoms with E-state index >= 15 is 0 Å². The zero-order valence-corrected chi connectivity index (χ0v) is 16.0. The first kappa shape index (κ1) is 17.8. The highest BCUT2D eigenvalue weighted by Crippen LogP contribution is 2.22. The Balaban J connectivity index is 1.49. The molecule has 0 saturated heterocycles. The summed E-state index contributed by atoms with van der Waals surface area (Å²) in [4.78, 5) is 12.6. The Morgan fingerprint density at radius 3 is 2.36 bits per heavy atom. The number of anilines is 1. The van der Waals surface area contributed by atoms with Crippen LogP contribution >= 0.6 is 0 Å². The Kier molecular flexibility index (Phi) is 4.81. The van der Waals surface area contributed by atoms with Gasteiger partial charge >= 0.3 is 0 Å². The number of carbonyl (C=O) groups excluding carboxylic acids is 1. The summed E-state index contributed by atoms with van der Waals surface area (Å²) < 4.78 is 3.89. The number of aryl methyl sites for hydroxylation is 2. The molecule has 4 aromatic rings. The van der Waals surface area contributed by atoms with Gasteiger partial charge in [-0.05, 0) is 61.9 Å². The van der Waals surface area contributed by atoms with Gasteiger partial charge in [-0.2, -0.15) is 5.10 Å². The third kappa shape index (κ3) is 3.74. The lowest BCUT2D eigenvalue weighted by Crippen LogP contribution is -2.16. The van der Waals surface area contributed by atoms with Crippen molar-refractivity contribution in [2.24, 2.45) is 0 Å². The van der Waals surface area contributed by atoms with E-state index in [1.54, 1.807) is 0 Å². The second-order valence-electron chi connectivity index (χ2n) is 6.84. The molecule has 2 aromatic carbocycles. The summed E-state index contributed by atoms with van der Waals surface area (Å²) in [6.45, 7) is 3.97. The number of carbonyl (C=O) groups is 1. The predicted octanol–water partition coefficient (Wildman–Crippen LogP) is 4.46. The molecule has 1 N–H and O–H groups in total. The summed E-state index contributed by atoms with van der Waals surface area (Å²) in [6.07, 6.45) is 4.31. The molecule has 0 aliphatic carbocycles. The van der Waals surface area contributed by atoms with E-state index in [1.807, 2.05) is 102 Å². The van der Waals surface area contributed by atoms with Crippen molar-refractivity contribution < 1.29 is 4.79 Å². The average molecular weight is 370 g/mol. The fourth-order valence-corrected chi connectivity index (χ4v) is 3.31. The van der Waals surface area contributed by atoms with Gasteiger partial charge in [-0.1, -0.05) is 24.3 Å². The molecule has 0 aliphatic rings. The molecule has 1 amide bonds. The minimum absolute atomic E-state index is 0.0531. The number of nitrogens with zero attached hydrogens (tertiary/aromatic N) is 3. The minimum Gasteiger partial charge on any atom is -0.324 e. The number of amides is 1. The molecule has 5 nitrogen and oxygen atoms in total. The maximum atomic E-state index is 12.6. The van der Waals surface area contributed by atoms with Crippen LogP contribution in [0.1, 0.15) is 17.0 Å². The van der Waals surface area contributed by atoms with Crippen molar-refractivity contribution in [2.45, 2.75) is 20.3 Å². The first-order valence-corrected chi connectivity index (χ1v) is 9.25. The molecule has 0 spiro atoms. The average Bonchev–Trinajstić information content (AvgIpc) is 3.32. The standard InChI is InChI=1S/C23H22N4O/c1-17-15-18(2)27(25-17)22-8-4-3-7-21(22)24-23(28)16-19-9-11-20(12-10-19)26-13-5-6-14-26/h3-15H,16H2,1-2H3,(H,24,28). The van der Waals surface area contributed by atoms with Crippen molar-refractivity contribution >= 4 is 11.6 Å². The Morgan fingerprint density at radius 2 is 1.68 bits per heavy atom. The van der Waals surface area contributed by atoms with Crippen LogP contribution in [-0.4, -0.2) is 20.3 Å². The highest BCUT2D eigenvalue weighted by atomic mass is 16.1. The van der Waals surface area contributed by atoms with Gasteiger partial charge in [0, 0.05) is 23.8 Å². The predicted molar refractivity (Wildman–Crippen MR) is 111 cm³/mol. The maximum Gasteiger partial charge on any atom is 0.228 e. The summed E-state index contributed by atoms with van der Waals surface area (Å²) in [5.74, 6) is -0.0531. The van der Waals surface area contributed by atoms with Crippen LogP contribution < -0.4 is 5.32 Å². The lowest BCUT2D eigenvalue weighted by atomic mass is 10.1. The van der Waals surface area contributed by atoms with E-state index in [0.29, 0.717) is 6.42 Å². The third-order valence-corrected chi connectivity index (χ3v) is 4.62. The first-order valence-electron chi connectivity index (χ1n) is 9.25. The topological polar surface area (TPSA) is 51.9 Å². The number of rotatable bonds is 5. The van der Waals surface area contributed by atoms with Crippen LogP contribution in [0.2, 0.25) is 0 Å². The molecule has 0 unspecified atom stereocenters. The smallest absolute Gasteiger partial charge is 0.228 e. The van der Waals surface area contributed by atoms with Gasteiger partial charge in [0.15, 0.2) is 0 Å². The monoisotopic (exact) mass is 370 g/mol. The molecule has 5 heteroatoms. The summed E-state index contributed by atoms with van der Waals surface area (Å²) in [6, 6.07) is 21.7. The van der Waals surface area contributed by atoms with Crippen LogP contribution in [0.4, 0.5) is 5.69 Å². The van der Waals surface area contributed by atoms with Crippen LogP contribution in [0.15, 0.2) is 79.1 Å². The number of hydrogen-bond donors (Lipinski definition) is 1. The molecule has 28 heavy (non-hydrogen) atoms. The van der Waals surface area contributed by atoms with Crippen LogP contribution in [0.5, 0.6) is 0 Å². The van der Waals surface area contributed by atoms with E-state index in [-0.39, 0.29) is 5.91 Å². The van der Waals surface area contributed by atoms with E-state index in [9.17, 15) is 4.79 Å². The maximum absolute atomic E-state index is 12.6. The molecule has 4 rings (SSSR count). The molecule has 0 fully saturated rings. The van der Waals surface area contributed by atoms with Crippen LogP contribution in [0.3, 0.4) is 0 Å². The zero-order valence-electron chi connectivity index (χ0n) is 16.0. The molecular weight excluding hydrogens is 348 g/mol. The highest BCUT2D eigenvalue weighted by molar-refractivity contribution is 5.94. The number of benzene rings is 2. The Labute approximate surface area is 164 Å². The molecular formula is C23H22N4O. The van der Waals surface area contributed by atoms with Gasteiger partial charge in [0.2, 0.25) is 5.91 Å². The van der Waals surface area contributed by atoms with E-state index in [2.05, 4.69) is 10.4 Å². The van der Waals surface area contributed by atoms with Gasteiger partial charge in [-0.15, -0.1) is 0 Å². The van der Waals surface area contributed by atoms with Crippen molar-refractivity contribution in [2.75, 3.05) is 5.32 Å². The summed E-state index contributed by atoms with van der Waals surface area (Å²) in [5, 5.41) is 7.56. The fourth-order valence-electron chi connectivity index (χ4n) is 3.31. The molecule has 0 radical (unpaired) electrons. The highest BCUT2D eigenvalue weighted by Gasteiger charge is 2.11. The Bertz CT molecular complexity index is 1090. The minimum atomic E-state index is -0.0531. The third-order valence-electron chi connectivity index (χ3n) is 4.62. The number of para-hydroxylation sites is 2. The van der Waals surface area contributed by atoms with Gasteiger partial charge in [0.05, 0.1) is 23.5 Å². The van der Waals surface area contributed by atoms with Gasteiger partial charge in [0.1, 0.15) is 0 Å². The van der Waals surface area contributed by atoms with Crippen LogP contribution in [0, 0.1) is 13.8 Å². The summed E-state index contributed by atoms with van der Waals surface area (Å²) >= 11 is 0. The van der Waals surface area contributed by atoms with Crippen LogP contribution in [0.25, 0.3) is 11.4 Å². The molecule has 0 saturated carbocycles. The van der Waals surface area contributed by atoms with Gasteiger partial charge in [-0.3, -0.25) is 4.79 Å². The number of nitrogens with one attached hydrogen (secondary N) is 1. The fraction of sp³-hybridized carbons (Fsp3) is 0.130. The summed E-state index contributed by atoms with van der Waals surface area (Å²) in [7, 11) is 0. The second kappa shape index (κ2) is 7.56. The second-order valence-corrected chi connectivity index (χ2v) is 6.84. The molecule has 0 aliphatic heterocycles. The molecule has 0 bridgehead atoms. The molecule has 2 aromatic heterocycles.